The Bertz CT molecular complexity index is 757. The monoisotopic (exact) mass is 297 g/mol. The number of aromatic nitrogens is 2. The van der Waals surface area contributed by atoms with Crippen LogP contribution in [0, 0.1) is 0 Å². The minimum atomic E-state index is 0.0379. The van der Waals surface area contributed by atoms with Gasteiger partial charge >= 0.3 is 0 Å². The number of nitrogens with one attached hydrogen (secondary N) is 1. The molecular formula is C16H12ClN3O. The van der Waals surface area contributed by atoms with E-state index in [1.807, 2.05) is 36.4 Å². The summed E-state index contributed by atoms with van der Waals surface area (Å²) < 4.78 is 5.41. The molecule has 0 bridgehead atoms. The molecule has 0 amide bonds. The first-order valence-corrected chi connectivity index (χ1v) is 7.11. The summed E-state index contributed by atoms with van der Waals surface area (Å²) in [6, 6.07) is 15.7. The van der Waals surface area contributed by atoms with Crippen LogP contribution in [0.15, 0.2) is 53.1 Å². The third kappa shape index (κ3) is 2.28. The number of para-hydroxylation sites is 1. The van der Waals surface area contributed by atoms with Crippen LogP contribution in [0.5, 0.6) is 0 Å². The molecule has 1 N–H and O–H groups in total. The van der Waals surface area contributed by atoms with Crippen molar-refractivity contribution in [1.29, 1.82) is 0 Å². The van der Waals surface area contributed by atoms with Gasteiger partial charge in [-0.25, -0.2) is 0 Å². The molecule has 1 aliphatic heterocycles. The van der Waals surface area contributed by atoms with Crippen molar-refractivity contribution in [2.75, 3.05) is 5.32 Å². The first-order valence-electron chi connectivity index (χ1n) is 6.73. The molecule has 0 spiro atoms. The molecule has 2 aromatic carbocycles. The van der Waals surface area contributed by atoms with Gasteiger partial charge in [-0.3, -0.25) is 0 Å². The topological polar surface area (TPSA) is 51.0 Å². The molecule has 1 atom stereocenters. The summed E-state index contributed by atoms with van der Waals surface area (Å²) in [5.41, 5.74) is 3.30. The van der Waals surface area contributed by atoms with Gasteiger partial charge in [0.25, 0.3) is 0 Å². The quantitative estimate of drug-likeness (QED) is 0.773. The van der Waals surface area contributed by atoms with Crippen LogP contribution in [-0.4, -0.2) is 10.1 Å². The lowest BCUT2D eigenvalue weighted by atomic mass is 10.1. The van der Waals surface area contributed by atoms with E-state index < -0.39 is 0 Å². The van der Waals surface area contributed by atoms with E-state index in [-0.39, 0.29) is 6.04 Å². The molecule has 2 heterocycles. The number of halogens is 1. The molecule has 1 aromatic heterocycles. The first kappa shape index (κ1) is 12.4. The van der Waals surface area contributed by atoms with Gasteiger partial charge in [-0.15, -0.1) is 0 Å². The highest BCUT2D eigenvalue weighted by Crippen LogP contribution is 2.33. The SMILES string of the molecule is Clc1ccc(-c2noc(C3Cc4ccccc4N3)n2)cc1. The lowest BCUT2D eigenvalue weighted by Gasteiger charge is -2.04. The van der Waals surface area contributed by atoms with E-state index in [1.54, 1.807) is 0 Å². The number of anilines is 1. The summed E-state index contributed by atoms with van der Waals surface area (Å²) in [5.74, 6) is 1.19. The van der Waals surface area contributed by atoms with Gasteiger partial charge < -0.3 is 9.84 Å². The maximum atomic E-state index is 5.89. The maximum Gasteiger partial charge on any atom is 0.249 e. The van der Waals surface area contributed by atoms with Crippen molar-refractivity contribution >= 4 is 17.3 Å². The van der Waals surface area contributed by atoms with Crippen LogP contribution < -0.4 is 5.32 Å². The van der Waals surface area contributed by atoms with Crippen LogP contribution in [0.25, 0.3) is 11.4 Å². The van der Waals surface area contributed by atoms with E-state index in [9.17, 15) is 0 Å². The van der Waals surface area contributed by atoms with Crippen LogP contribution >= 0.6 is 11.6 Å². The van der Waals surface area contributed by atoms with Gasteiger partial charge in [0.15, 0.2) is 0 Å². The average Bonchev–Trinajstić information content (AvgIpc) is 3.14. The highest BCUT2D eigenvalue weighted by Gasteiger charge is 2.26. The van der Waals surface area contributed by atoms with Crippen LogP contribution in [0.2, 0.25) is 5.02 Å². The van der Waals surface area contributed by atoms with Gasteiger partial charge in [0.05, 0.1) is 0 Å². The summed E-state index contributed by atoms with van der Waals surface area (Å²) >= 11 is 5.89. The van der Waals surface area contributed by atoms with Crippen LogP contribution in [0.4, 0.5) is 5.69 Å². The van der Waals surface area contributed by atoms with Gasteiger partial charge in [-0.05, 0) is 35.9 Å². The van der Waals surface area contributed by atoms with E-state index in [2.05, 4.69) is 27.6 Å². The molecule has 0 saturated carbocycles. The Balaban J connectivity index is 1.60. The fourth-order valence-electron chi connectivity index (χ4n) is 2.54. The van der Waals surface area contributed by atoms with E-state index in [0.29, 0.717) is 16.7 Å². The van der Waals surface area contributed by atoms with Crippen molar-refractivity contribution in [1.82, 2.24) is 10.1 Å². The van der Waals surface area contributed by atoms with Crippen molar-refractivity contribution in [3.8, 4) is 11.4 Å². The van der Waals surface area contributed by atoms with Gasteiger partial charge in [0.1, 0.15) is 6.04 Å². The van der Waals surface area contributed by atoms with Crippen LogP contribution in [-0.2, 0) is 6.42 Å². The Labute approximate surface area is 126 Å². The number of fused-ring (bicyclic) bond motifs is 1. The van der Waals surface area contributed by atoms with Crippen molar-refractivity contribution < 1.29 is 4.52 Å². The standard InChI is InChI=1S/C16H12ClN3O/c17-12-7-5-10(6-8-12)15-19-16(21-20-15)14-9-11-3-1-2-4-13(11)18-14/h1-8,14,18H,9H2. The third-order valence-corrected chi connectivity index (χ3v) is 3.87. The number of hydrogen-bond acceptors (Lipinski definition) is 4. The fraction of sp³-hybridized carbons (Fsp3) is 0.125. The summed E-state index contributed by atoms with van der Waals surface area (Å²) in [6.07, 6.45) is 0.860. The molecule has 104 valence electrons. The molecule has 0 fully saturated rings. The van der Waals surface area contributed by atoms with Crippen molar-refractivity contribution in [3.05, 3.63) is 65.0 Å². The summed E-state index contributed by atoms with van der Waals surface area (Å²) in [6.45, 7) is 0. The summed E-state index contributed by atoms with van der Waals surface area (Å²) in [4.78, 5) is 4.49. The Morgan fingerprint density at radius 2 is 1.90 bits per heavy atom. The van der Waals surface area contributed by atoms with Crippen LogP contribution in [0.3, 0.4) is 0 Å². The van der Waals surface area contributed by atoms with Gasteiger partial charge in [0.2, 0.25) is 11.7 Å². The summed E-state index contributed by atoms with van der Waals surface area (Å²) in [7, 11) is 0. The molecular weight excluding hydrogens is 286 g/mol. The van der Waals surface area contributed by atoms with E-state index in [1.165, 1.54) is 5.56 Å². The smallest absolute Gasteiger partial charge is 0.249 e. The first-order chi connectivity index (χ1) is 10.3. The fourth-order valence-corrected chi connectivity index (χ4v) is 2.67. The van der Waals surface area contributed by atoms with Crippen molar-refractivity contribution in [2.24, 2.45) is 0 Å². The Hall–Kier alpha value is -2.33. The second-order valence-corrected chi connectivity index (χ2v) is 5.46. The lowest BCUT2D eigenvalue weighted by Crippen LogP contribution is -2.05. The number of nitrogens with zero attached hydrogens (tertiary/aromatic N) is 2. The zero-order chi connectivity index (χ0) is 14.2. The molecule has 0 aliphatic carbocycles. The predicted molar refractivity (Wildman–Crippen MR) is 81.3 cm³/mol. The number of rotatable bonds is 2. The maximum absolute atomic E-state index is 5.89. The third-order valence-electron chi connectivity index (χ3n) is 3.61. The molecule has 4 nitrogen and oxygen atoms in total. The highest BCUT2D eigenvalue weighted by molar-refractivity contribution is 6.30. The van der Waals surface area contributed by atoms with Crippen LogP contribution in [0.1, 0.15) is 17.5 Å². The Morgan fingerprint density at radius 3 is 2.71 bits per heavy atom. The minimum Gasteiger partial charge on any atom is -0.373 e. The molecule has 1 unspecified atom stereocenters. The molecule has 0 saturated heterocycles. The van der Waals surface area contributed by atoms with Gasteiger partial charge in [-0.1, -0.05) is 35.0 Å². The van der Waals surface area contributed by atoms with Gasteiger partial charge in [-0.2, -0.15) is 4.98 Å². The second kappa shape index (κ2) is 4.90. The van der Waals surface area contributed by atoms with Gasteiger partial charge in [0, 0.05) is 22.7 Å². The van der Waals surface area contributed by atoms with E-state index in [0.717, 1.165) is 17.7 Å². The molecule has 4 rings (SSSR count). The Morgan fingerprint density at radius 1 is 1.10 bits per heavy atom. The molecule has 21 heavy (non-hydrogen) atoms. The average molecular weight is 298 g/mol. The van der Waals surface area contributed by atoms with Crippen molar-refractivity contribution in [2.45, 2.75) is 12.5 Å². The number of benzene rings is 2. The summed E-state index contributed by atoms with van der Waals surface area (Å²) in [5, 5.41) is 8.15. The van der Waals surface area contributed by atoms with E-state index in [4.69, 9.17) is 16.1 Å². The highest BCUT2D eigenvalue weighted by atomic mass is 35.5. The molecule has 3 aromatic rings. The molecule has 1 aliphatic rings. The zero-order valence-electron chi connectivity index (χ0n) is 11.1. The molecule has 5 heteroatoms. The second-order valence-electron chi connectivity index (χ2n) is 5.02. The molecule has 0 radical (unpaired) electrons. The normalized spacial score (nSPS) is 16.5. The lowest BCUT2D eigenvalue weighted by molar-refractivity contribution is 0.364. The number of hydrogen-bond donors (Lipinski definition) is 1. The largest absolute Gasteiger partial charge is 0.373 e. The Kier molecular flexibility index (Phi) is 2.89. The van der Waals surface area contributed by atoms with E-state index >= 15 is 0 Å². The minimum absolute atomic E-state index is 0.0379. The zero-order valence-corrected chi connectivity index (χ0v) is 11.8. The predicted octanol–water partition coefficient (Wildman–Crippen LogP) is 4.10. The van der Waals surface area contributed by atoms with Crippen molar-refractivity contribution in [3.63, 3.8) is 0 Å².